The fourth-order valence-electron chi connectivity index (χ4n) is 3.57. The fourth-order valence-corrected chi connectivity index (χ4v) is 5.15. The largest absolute Gasteiger partial charge is 0.493 e. The fraction of sp³-hybridized carbons (Fsp3) is 0.478. The van der Waals surface area contributed by atoms with E-state index in [9.17, 15) is 15.2 Å². The first-order valence-corrected chi connectivity index (χ1v) is 13.0. The molecule has 0 radical (unpaired) electrons. The summed E-state index contributed by atoms with van der Waals surface area (Å²) in [6.07, 6.45) is -1.17. The molecule has 0 aromatic heterocycles. The minimum Gasteiger partial charge on any atom is -0.493 e. The van der Waals surface area contributed by atoms with E-state index in [1.54, 1.807) is 0 Å². The maximum atomic E-state index is 11.6. The van der Waals surface area contributed by atoms with Gasteiger partial charge in [0.2, 0.25) is 0 Å². The first-order valence-electron chi connectivity index (χ1n) is 10.7. The average Bonchev–Trinajstić information content (AvgIpc) is 2.83. The third kappa shape index (κ3) is 6.92. The summed E-state index contributed by atoms with van der Waals surface area (Å²) >= 11 is 3.77. The Morgan fingerprint density at radius 2 is 1.58 bits per heavy atom. The van der Waals surface area contributed by atoms with Crippen LogP contribution < -0.4 is 14.4 Å². The van der Waals surface area contributed by atoms with Crippen LogP contribution in [0.15, 0.2) is 36.4 Å². The van der Waals surface area contributed by atoms with Crippen molar-refractivity contribution < 1.29 is 24.2 Å². The van der Waals surface area contributed by atoms with Crippen LogP contribution in [0.4, 0.5) is 11.4 Å². The van der Waals surface area contributed by atoms with Crippen molar-refractivity contribution in [2.24, 2.45) is 0 Å². The van der Waals surface area contributed by atoms with Crippen LogP contribution in [0.2, 0.25) is 0 Å². The highest BCUT2D eigenvalue weighted by atomic mass is 32.2. The zero-order chi connectivity index (χ0) is 23.6. The molecule has 0 aliphatic carbocycles. The van der Waals surface area contributed by atoms with Crippen LogP contribution in [-0.2, 0) is 4.74 Å². The Bertz CT molecular complexity index is 901. The van der Waals surface area contributed by atoms with Gasteiger partial charge in [0.05, 0.1) is 44.0 Å². The van der Waals surface area contributed by atoms with Crippen molar-refractivity contribution in [3.8, 4) is 11.5 Å². The number of hydrogen-bond acceptors (Lipinski definition) is 9. The lowest BCUT2D eigenvalue weighted by Gasteiger charge is -2.25. The summed E-state index contributed by atoms with van der Waals surface area (Å²) in [5, 5.41) is 22.6. The molecule has 1 fully saturated rings. The lowest BCUT2D eigenvalue weighted by atomic mass is 9.99. The van der Waals surface area contributed by atoms with Crippen molar-refractivity contribution in [3.63, 3.8) is 0 Å². The molecule has 1 unspecified atom stereocenters. The summed E-state index contributed by atoms with van der Waals surface area (Å²) in [7, 11) is 2.87. The van der Waals surface area contributed by atoms with Crippen LogP contribution in [0.5, 0.6) is 11.5 Å². The van der Waals surface area contributed by atoms with Gasteiger partial charge in [0.25, 0.3) is 5.69 Å². The van der Waals surface area contributed by atoms with Crippen LogP contribution in [-0.4, -0.2) is 73.6 Å². The second-order valence-electron chi connectivity index (χ2n) is 7.34. The summed E-state index contributed by atoms with van der Waals surface area (Å²) in [6.45, 7) is 3.43. The van der Waals surface area contributed by atoms with Crippen molar-refractivity contribution in [2.75, 3.05) is 68.4 Å². The van der Waals surface area contributed by atoms with Gasteiger partial charge in [0, 0.05) is 41.8 Å². The Labute approximate surface area is 202 Å². The number of aliphatic hydroxyl groups excluding tert-OH is 1. The summed E-state index contributed by atoms with van der Waals surface area (Å²) in [4.78, 5) is 13.4. The molecule has 8 nitrogen and oxygen atoms in total. The van der Waals surface area contributed by atoms with E-state index in [0.29, 0.717) is 11.3 Å². The molecule has 1 N–H and O–H groups in total. The Kier molecular flexibility index (Phi) is 9.98. The Balaban J connectivity index is 1.80. The molecule has 180 valence electrons. The predicted octanol–water partition coefficient (Wildman–Crippen LogP) is 4.00. The second-order valence-corrected chi connectivity index (χ2v) is 9.79. The van der Waals surface area contributed by atoms with Crippen molar-refractivity contribution in [2.45, 2.75) is 6.10 Å². The number of anilines is 1. The maximum absolute atomic E-state index is 11.6. The van der Waals surface area contributed by atoms with Crippen LogP contribution in [0, 0.1) is 10.1 Å². The van der Waals surface area contributed by atoms with Gasteiger partial charge < -0.3 is 24.2 Å². The standard InChI is InChI=1S/C23H30N2O6S2/c1-29-21-15-19(20(25(27)28)16-22(21)30-2)23(26)17-3-5-18(6-4-17)24-7-11-32-13-9-31-10-14-33-12-8-24/h3-6,15-16,23,26H,7-14H2,1-2H3. The molecular weight excluding hydrogens is 464 g/mol. The lowest BCUT2D eigenvalue weighted by Crippen LogP contribution is -2.29. The number of nitrogens with zero attached hydrogens (tertiary/aromatic N) is 2. The molecule has 0 spiro atoms. The molecule has 0 saturated carbocycles. The van der Waals surface area contributed by atoms with Crippen LogP contribution in [0.3, 0.4) is 0 Å². The third-order valence-electron chi connectivity index (χ3n) is 5.35. The number of hydrogen-bond donors (Lipinski definition) is 1. The molecule has 2 aromatic carbocycles. The van der Waals surface area contributed by atoms with E-state index in [4.69, 9.17) is 14.2 Å². The predicted molar refractivity (Wildman–Crippen MR) is 134 cm³/mol. The van der Waals surface area contributed by atoms with E-state index in [2.05, 4.69) is 4.90 Å². The highest BCUT2D eigenvalue weighted by Crippen LogP contribution is 2.39. The highest BCUT2D eigenvalue weighted by Gasteiger charge is 2.26. The molecule has 0 amide bonds. The van der Waals surface area contributed by atoms with Crippen LogP contribution in [0.25, 0.3) is 0 Å². The molecule has 1 saturated heterocycles. The van der Waals surface area contributed by atoms with E-state index >= 15 is 0 Å². The van der Waals surface area contributed by atoms with Gasteiger partial charge in [-0.2, -0.15) is 23.5 Å². The van der Waals surface area contributed by atoms with Gasteiger partial charge >= 0.3 is 0 Å². The van der Waals surface area contributed by atoms with Crippen LogP contribution in [0.1, 0.15) is 17.2 Å². The number of nitro benzene ring substituents is 1. The minimum absolute atomic E-state index is 0.159. The SMILES string of the molecule is COc1cc(C(O)c2ccc(N3CCSCCOCCSCC3)cc2)c([N+](=O)[O-])cc1OC. The number of rotatable bonds is 6. The number of thioether (sulfide) groups is 2. The molecule has 1 heterocycles. The molecule has 33 heavy (non-hydrogen) atoms. The number of methoxy groups -OCH3 is 2. The quantitative estimate of drug-likeness (QED) is 0.472. The smallest absolute Gasteiger partial charge is 0.279 e. The minimum atomic E-state index is -1.17. The second kappa shape index (κ2) is 12.9. The zero-order valence-corrected chi connectivity index (χ0v) is 20.5. The van der Waals surface area contributed by atoms with E-state index in [-0.39, 0.29) is 17.0 Å². The van der Waals surface area contributed by atoms with Gasteiger partial charge in [-0.1, -0.05) is 12.1 Å². The van der Waals surface area contributed by atoms with Crippen molar-refractivity contribution in [1.29, 1.82) is 0 Å². The summed E-state index contributed by atoms with van der Waals surface area (Å²) in [6, 6.07) is 10.3. The summed E-state index contributed by atoms with van der Waals surface area (Å²) < 4.78 is 16.1. The zero-order valence-electron chi connectivity index (χ0n) is 18.9. The summed E-state index contributed by atoms with van der Waals surface area (Å²) in [5.41, 5.74) is 1.59. The third-order valence-corrected chi connectivity index (χ3v) is 7.21. The first kappa shape index (κ1) is 25.5. The molecule has 0 bridgehead atoms. The maximum Gasteiger partial charge on any atom is 0.279 e. The molecule has 3 rings (SSSR count). The van der Waals surface area contributed by atoms with E-state index < -0.39 is 11.0 Å². The number of ether oxygens (including phenoxy) is 3. The number of benzene rings is 2. The Morgan fingerprint density at radius 1 is 1.00 bits per heavy atom. The van der Waals surface area contributed by atoms with Crippen molar-refractivity contribution >= 4 is 34.9 Å². The first-order chi connectivity index (χ1) is 16.0. The van der Waals surface area contributed by atoms with Gasteiger partial charge in [-0.3, -0.25) is 10.1 Å². The van der Waals surface area contributed by atoms with Gasteiger partial charge in [-0.05, 0) is 23.8 Å². The van der Waals surface area contributed by atoms with Gasteiger partial charge in [-0.15, -0.1) is 0 Å². The van der Waals surface area contributed by atoms with Crippen molar-refractivity contribution in [3.05, 3.63) is 57.6 Å². The topological polar surface area (TPSA) is 94.3 Å². The van der Waals surface area contributed by atoms with Gasteiger partial charge in [0.15, 0.2) is 11.5 Å². The normalized spacial score (nSPS) is 16.9. The molecule has 1 atom stereocenters. The van der Waals surface area contributed by atoms with Gasteiger partial charge in [0.1, 0.15) is 6.10 Å². The number of aliphatic hydroxyl groups is 1. The molecule has 1 aliphatic rings. The average molecular weight is 495 g/mol. The highest BCUT2D eigenvalue weighted by molar-refractivity contribution is 7.99. The monoisotopic (exact) mass is 494 g/mol. The van der Waals surface area contributed by atoms with E-state index in [1.165, 1.54) is 26.4 Å². The van der Waals surface area contributed by atoms with E-state index in [0.717, 1.165) is 55.0 Å². The molecule has 1 aliphatic heterocycles. The van der Waals surface area contributed by atoms with Crippen molar-refractivity contribution in [1.82, 2.24) is 0 Å². The molecule has 2 aromatic rings. The Hall–Kier alpha value is -2.14. The summed E-state index contributed by atoms with van der Waals surface area (Å²) in [5.74, 6) is 4.58. The number of nitro groups is 1. The molecule has 10 heteroatoms. The Morgan fingerprint density at radius 3 is 2.12 bits per heavy atom. The van der Waals surface area contributed by atoms with Crippen LogP contribution >= 0.6 is 23.5 Å². The lowest BCUT2D eigenvalue weighted by molar-refractivity contribution is -0.386. The molecular formula is C23H30N2O6S2. The van der Waals surface area contributed by atoms with Gasteiger partial charge in [-0.25, -0.2) is 0 Å². The van der Waals surface area contributed by atoms with E-state index in [1.807, 2.05) is 47.8 Å².